The van der Waals surface area contributed by atoms with Crippen LogP contribution in [0.2, 0.25) is 0 Å². The van der Waals surface area contributed by atoms with E-state index in [2.05, 4.69) is 0 Å². The molecular weight excluding hydrogens is 267 g/mol. The van der Waals surface area contributed by atoms with Gasteiger partial charge in [-0.05, 0) is 32.4 Å². The van der Waals surface area contributed by atoms with Crippen molar-refractivity contribution < 1.29 is 18.3 Å². The second kappa shape index (κ2) is 4.81. The summed E-state index contributed by atoms with van der Waals surface area (Å²) in [6.07, 6.45) is -3.30. The van der Waals surface area contributed by atoms with Crippen LogP contribution < -0.4 is 0 Å². The van der Waals surface area contributed by atoms with Crippen LogP contribution in [0.4, 0.5) is 13.2 Å². The van der Waals surface area contributed by atoms with Crippen molar-refractivity contribution in [3.05, 3.63) is 40.6 Å². The minimum Gasteiger partial charge on any atom is -0.372 e. The van der Waals surface area contributed by atoms with Crippen molar-refractivity contribution in [1.82, 2.24) is 4.90 Å². The second-order valence-electron chi connectivity index (χ2n) is 5.00. The normalized spacial score (nSPS) is 21.6. The molecule has 110 valence electrons. The van der Waals surface area contributed by atoms with Gasteiger partial charge in [0.2, 0.25) is 5.60 Å². The summed E-state index contributed by atoms with van der Waals surface area (Å²) in [6.45, 7) is 6.18. The third-order valence-corrected chi connectivity index (χ3v) is 3.77. The molecule has 1 aromatic carbocycles. The molecule has 1 atom stereocenters. The van der Waals surface area contributed by atoms with E-state index in [1.165, 1.54) is 12.1 Å². The van der Waals surface area contributed by atoms with Gasteiger partial charge in [0.25, 0.3) is 0 Å². The molecule has 0 aromatic heterocycles. The largest absolute Gasteiger partial charge is 0.427 e. The van der Waals surface area contributed by atoms with Crippen LogP contribution in [0.1, 0.15) is 30.5 Å². The van der Waals surface area contributed by atoms with Crippen LogP contribution in [-0.4, -0.2) is 29.3 Å². The quantitative estimate of drug-likeness (QED) is 0.919. The summed E-state index contributed by atoms with van der Waals surface area (Å²) in [5.74, 6) is 0. The topological polar surface area (TPSA) is 23.5 Å². The van der Waals surface area contributed by atoms with E-state index in [1.807, 2.05) is 6.92 Å². The molecule has 1 aliphatic carbocycles. The maximum atomic E-state index is 13.5. The lowest BCUT2D eigenvalue weighted by Crippen LogP contribution is -2.47. The molecule has 0 heterocycles. The number of aryl methyl sites for hydroxylation is 1. The van der Waals surface area contributed by atoms with Crippen molar-refractivity contribution in [2.45, 2.75) is 32.5 Å². The van der Waals surface area contributed by atoms with Gasteiger partial charge in [-0.3, -0.25) is 0 Å². The minimum absolute atomic E-state index is 0.0856. The summed E-state index contributed by atoms with van der Waals surface area (Å²) in [5, 5.41) is 10.4. The molecule has 1 N–H and O–H groups in total. The molecule has 0 saturated heterocycles. The third kappa shape index (κ3) is 2.00. The number of aliphatic hydroxyl groups is 1. The van der Waals surface area contributed by atoms with E-state index >= 15 is 0 Å². The lowest BCUT2D eigenvalue weighted by molar-refractivity contribution is -0.254. The predicted molar refractivity (Wildman–Crippen MR) is 72.0 cm³/mol. The average molecular weight is 285 g/mol. The summed E-state index contributed by atoms with van der Waals surface area (Å²) >= 11 is 0. The van der Waals surface area contributed by atoms with E-state index in [0.29, 0.717) is 18.7 Å². The van der Waals surface area contributed by atoms with Crippen LogP contribution in [-0.2, 0) is 5.60 Å². The zero-order chi connectivity index (χ0) is 15.1. The van der Waals surface area contributed by atoms with Gasteiger partial charge in [-0.15, -0.1) is 0 Å². The number of halogens is 3. The summed E-state index contributed by atoms with van der Waals surface area (Å²) < 4.78 is 40.5. The van der Waals surface area contributed by atoms with E-state index in [9.17, 15) is 18.3 Å². The van der Waals surface area contributed by atoms with E-state index in [-0.39, 0.29) is 11.3 Å². The van der Waals surface area contributed by atoms with Crippen molar-refractivity contribution in [3.8, 4) is 0 Å². The SMILES string of the molecule is CCN(CC)C1=Cc2cc(C)ccc2C1(O)C(F)(F)F. The Morgan fingerprint density at radius 3 is 2.30 bits per heavy atom. The minimum atomic E-state index is -4.75. The van der Waals surface area contributed by atoms with Crippen molar-refractivity contribution in [1.29, 1.82) is 0 Å². The predicted octanol–water partition coefficient (Wildman–Crippen LogP) is 3.44. The van der Waals surface area contributed by atoms with Crippen LogP contribution in [0.5, 0.6) is 0 Å². The summed E-state index contributed by atoms with van der Waals surface area (Å²) in [5.41, 5.74) is -1.78. The zero-order valence-electron chi connectivity index (χ0n) is 11.8. The van der Waals surface area contributed by atoms with Crippen LogP contribution in [0, 0.1) is 6.92 Å². The summed E-state index contributed by atoms with van der Waals surface area (Å²) in [4.78, 5) is 1.54. The molecule has 0 aliphatic heterocycles. The van der Waals surface area contributed by atoms with Crippen molar-refractivity contribution in [2.75, 3.05) is 13.1 Å². The maximum Gasteiger partial charge on any atom is 0.427 e. The Hall–Kier alpha value is -1.49. The lowest BCUT2D eigenvalue weighted by Gasteiger charge is -2.36. The molecular formula is C15H18F3NO. The van der Waals surface area contributed by atoms with Crippen molar-refractivity contribution >= 4 is 6.08 Å². The van der Waals surface area contributed by atoms with Gasteiger partial charge >= 0.3 is 6.18 Å². The highest BCUT2D eigenvalue weighted by molar-refractivity contribution is 5.69. The second-order valence-corrected chi connectivity index (χ2v) is 5.00. The molecule has 0 radical (unpaired) electrons. The van der Waals surface area contributed by atoms with E-state index in [0.717, 1.165) is 5.56 Å². The molecule has 0 amide bonds. The number of rotatable bonds is 3. The molecule has 1 aliphatic rings. The van der Waals surface area contributed by atoms with Crippen LogP contribution in [0.25, 0.3) is 6.08 Å². The fourth-order valence-corrected chi connectivity index (χ4v) is 2.70. The molecule has 20 heavy (non-hydrogen) atoms. The number of alkyl halides is 3. The van der Waals surface area contributed by atoms with Crippen molar-refractivity contribution in [2.24, 2.45) is 0 Å². The maximum absolute atomic E-state index is 13.5. The highest BCUT2D eigenvalue weighted by Crippen LogP contribution is 2.51. The van der Waals surface area contributed by atoms with Crippen LogP contribution in [0.15, 0.2) is 23.9 Å². The number of fused-ring (bicyclic) bond motifs is 1. The Balaban J connectivity index is 2.65. The van der Waals surface area contributed by atoms with Gasteiger partial charge in [0.15, 0.2) is 0 Å². The van der Waals surface area contributed by atoms with E-state index in [4.69, 9.17) is 0 Å². The Labute approximate surface area is 116 Å². The third-order valence-electron chi connectivity index (χ3n) is 3.77. The van der Waals surface area contributed by atoms with Gasteiger partial charge < -0.3 is 10.0 Å². The lowest BCUT2D eigenvalue weighted by atomic mass is 9.91. The molecule has 0 spiro atoms. The van der Waals surface area contributed by atoms with Gasteiger partial charge in [-0.2, -0.15) is 13.2 Å². The molecule has 0 bridgehead atoms. The first-order chi connectivity index (χ1) is 9.25. The number of likely N-dealkylation sites (N-methyl/N-ethyl adjacent to an activating group) is 1. The highest BCUT2D eigenvalue weighted by atomic mass is 19.4. The summed E-state index contributed by atoms with van der Waals surface area (Å²) in [7, 11) is 0. The zero-order valence-corrected chi connectivity index (χ0v) is 11.8. The van der Waals surface area contributed by atoms with Gasteiger partial charge in [0, 0.05) is 18.7 Å². The van der Waals surface area contributed by atoms with Gasteiger partial charge in [0.05, 0.1) is 5.70 Å². The molecule has 5 heteroatoms. The number of nitrogens with zero attached hydrogens (tertiary/aromatic N) is 1. The van der Waals surface area contributed by atoms with E-state index < -0.39 is 11.8 Å². The number of hydrogen-bond donors (Lipinski definition) is 1. The average Bonchev–Trinajstić information content (AvgIpc) is 2.65. The Bertz CT molecular complexity index is 547. The first kappa shape index (κ1) is 14.9. The van der Waals surface area contributed by atoms with Crippen molar-refractivity contribution in [3.63, 3.8) is 0 Å². The van der Waals surface area contributed by atoms with Gasteiger partial charge in [-0.25, -0.2) is 0 Å². The molecule has 1 aromatic rings. The fourth-order valence-electron chi connectivity index (χ4n) is 2.70. The van der Waals surface area contributed by atoms with Gasteiger partial charge in [0.1, 0.15) is 0 Å². The van der Waals surface area contributed by atoms with Crippen LogP contribution >= 0.6 is 0 Å². The highest BCUT2D eigenvalue weighted by Gasteiger charge is 2.61. The Kier molecular flexibility index (Phi) is 3.58. The fraction of sp³-hybridized carbons (Fsp3) is 0.467. The molecule has 0 saturated carbocycles. The first-order valence-corrected chi connectivity index (χ1v) is 6.63. The Morgan fingerprint density at radius 1 is 1.20 bits per heavy atom. The first-order valence-electron chi connectivity index (χ1n) is 6.63. The Morgan fingerprint density at radius 2 is 1.80 bits per heavy atom. The number of benzene rings is 1. The monoisotopic (exact) mass is 285 g/mol. The molecule has 1 unspecified atom stereocenters. The summed E-state index contributed by atoms with van der Waals surface area (Å²) in [6, 6.07) is 4.63. The smallest absolute Gasteiger partial charge is 0.372 e. The molecule has 0 fully saturated rings. The standard InChI is InChI=1S/C15H18F3NO/c1-4-19(5-2)13-9-11-8-10(3)6-7-12(11)14(13,20)15(16,17)18/h6-9,20H,4-5H2,1-3H3. The van der Waals surface area contributed by atoms with Crippen LogP contribution in [0.3, 0.4) is 0 Å². The molecule has 2 rings (SSSR count). The van der Waals surface area contributed by atoms with E-state index in [1.54, 1.807) is 30.9 Å². The number of hydrogen-bond acceptors (Lipinski definition) is 2. The molecule has 2 nitrogen and oxygen atoms in total. The van der Waals surface area contributed by atoms with Gasteiger partial charge in [-0.1, -0.05) is 23.8 Å².